The second kappa shape index (κ2) is 10.5. The van der Waals surface area contributed by atoms with Crippen molar-refractivity contribution in [3.8, 4) is 0 Å². The van der Waals surface area contributed by atoms with Crippen LogP contribution in [-0.2, 0) is 22.7 Å². The number of aromatic nitrogens is 2. The van der Waals surface area contributed by atoms with Crippen LogP contribution in [0.3, 0.4) is 0 Å². The summed E-state index contributed by atoms with van der Waals surface area (Å²) < 4.78 is 15.2. The van der Waals surface area contributed by atoms with Crippen LogP contribution in [0.2, 0.25) is 0 Å². The predicted octanol–water partition coefficient (Wildman–Crippen LogP) is 3.50. The number of carbonyl (C=O) groups is 3. The van der Waals surface area contributed by atoms with Crippen LogP contribution in [0.1, 0.15) is 58.6 Å². The van der Waals surface area contributed by atoms with Gasteiger partial charge in [-0.2, -0.15) is 0 Å². The van der Waals surface area contributed by atoms with Crippen LogP contribution in [0.5, 0.6) is 0 Å². The number of fused-ring (bicyclic) bond motifs is 1. The fourth-order valence-electron chi connectivity index (χ4n) is 5.80. The Bertz CT molecular complexity index is 1420. The van der Waals surface area contributed by atoms with Gasteiger partial charge in [0, 0.05) is 43.0 Å². The SMILES string of the molecule is O=C1CCC(N2Cc3cc(C4CCN(Cc5cccc(Nc6ncccn6)c5F)CC4)ccc3C2=O)C(=O)N1. The van der Waals surface area contributed by atoms with E-state index in [1.165, 1.54) is 5.56 Å². The molecule has 0 saturated carbocycles. The summed E-state index contributed by atoms with van der Waals surface area (Å²) >= 11 is 0. The zero-order valence-corrected chi connectivity index (χ0v) is 21.4. The molecule has 2 fully saturated rings. The largest absolute Gasteiger partial charge is 0.322 e. The molecule has 0 aliphatic carbocycles. The van der Waals surface area contributed by atoms with Gasteiger partial charge in [0.1, 0.15) is 6.04 Å². The Hall–Kier alpha value is -4.18. The van der Waals surface area contributed by atoms with Crippen molar-refractivity contribution < 1.29 is 18.8 Å². The smallest absolute Gasteiger partial charge is 0.255 e. The number of hydrogen-bond acceptors (Lipinski definition) is 7. The Morgan fingerprint density at radius 3 is 2.56 bits per heavy atom. The minimum absolute atomic E-state index is 0.154. The highest BCUT2D eigenvalue weighted by atomic mass is 19.1. The number of amides is 3. The van der Waals surface area contributed by atoms with E-state index in [0.29, 0.717) is 48.2 Å². The van der Waals surface area contributed by atoms with Gasteiger partial charge in [0.05, 0.1) is 5.69 Å². The molecule has 3 aliphatic heterocycles. The lowest BCUT2D eigenvalue weighted by molar-refractivity contribution is -0.136. The van der Waals surface area contributed by atoms with E-state index < -0.39 is 11.9 Å². The summed E-state index contributed by atoms with van der Waals surface area (Å²) in [6, 6.07) is 12.4. The Labute approximate surface area is 225 Å². The highest BCUT2D eigenvalue weighted by Crippen LogP contribution is 2.34. The molecule has 0 radical (unpaired) electrons. The molecule has 9 nitrogen and oxygen atoms in total. The zero-order chi connectivity index (χ0) is 26.9. The van der Waals surface area contributed by atoms with Crippen molar-refractivity contribution in [1.82, 2.24) is 25.1 Å². The number of nitrogens with one attached hydrogen (secondary N) is 2. The average molecular weight is 529 g/mol. The van der Waals surface area contributed by atoms with E-state index in [4.69, 9.17) is 0 Å². The Kier molecular flexibility index (Phi) is 6.78. The van der Waals surface area contributed by atoms with Crippen molar-refractivity contribution in [3.05, 3.63) is 82.9 Å². The number of imide groups is 1. The van der Waals surface area contributed by atoms with Crippen LogP contribution in [0.4, 0.5) is 16.0 Å². The number of halogens is 1. The maximum Gasteiger partial charge on any atom is 0.255 e. The molecule has 10 heteroatoms. The minimum atomic E-state index is -0.608. The third-order valence-corrected chi connectivity index (χ3v) is 7.89. The van der Waals surface area contributed by atoms with Crippen LogP contribution < -0.4 is 10.6 Å². The maximum absolute atomic E-state index is 15.2. The molecule has 3 aliphatic rings. The van der Waals surface area contributed by atoms with Crippen molar-refractivity contribution in [2.24, 2.45) is 0 Å². The summed E-state index contributed by atoms with van der Waals surface area (Å²) in [7, 11) is 0. The summed E-state index contributed by atoms with van der Waals surface area (Å²) in [5, 5.41) is 5.30. The molecular formula is C29H29FN6O3. The monoisotopic (exact) mass is 528 g/mol. The number of benzene rings is 2. The number of piperidine rings is 2. The van der Waals surface area contributed by atoms with Gasteiger partial charge in [-0.1, -0.05) is 24.3 Å². The van der Waals surface area contributed by atoms with Crippen LogP contribution in [0.15, 0.2) is 54.9 Å². The highest BCUT2D eigenvalue weighted by molar-refractivity contribution is 6.05. The summed E-state index contributed by atoms with van der Waals surface area (Å²) in [5.74, 6) is -0.437. The standard InChI is InChI=1S/C29H29FN6O3/c30-26-20(3-1-4-23(26)33-29-31-11-2-12-32-29)16-35-13-9-18(10-14-35)19-5-6-22-21(15-19)17-36(28(22)39)24-7-8-25(37)34-27(24)38/h1-6,11-12,15,18,24H,7-10,13-14,16-17H2,(H,31,32,33)(H,34,37,38). The van der Waals surface area contributed by atoms with Gasteiger partial charge < -0.3 is 10.2 Å². The van der Waals surface area contributed by atoms with Crippen molar-refractivity contribution in [2.45, 2.75) is 50.7 Å². The Morgan fingerprint density at radius 2 is 1.79 bits per heavy atom. The molecule has 1 aromatic heterocycles. The molecule has 0 bridgehead atoms. The molecule has 39 heavy (non-hydrogen) atoms. The first kappa shape index (κ1) is 25.1. The van der Waals surface area contributed by atoms with Gasteiger partial charge in [-0.25, -0.2) is 14.4 Å². The van der Waals surface area contributed by atoms with Gasteiger partial charge in [-0.05, 0) is 67.6 Å². The van der Waals surface area contributed by atoms with Crippen molar-refractivity contribution in [2.75, 3.05) is 18.4 Å². The molecule has 2 N–H and O–H groups in total. The molecule has 3 amide bonds. The predicted molar refractivity (Wildman–Crippen MR) is 141 cm³/mol. The van der Waals surface area contributed by atoms with Crippen molar-refractivity contribution in [3.63, 3.8) is 0 Å². The van der Waals surface area contributed by atoms with Gasteiger partial charge in [0.25, 0.3) is 5.91 Å². The average Bonchev–Trinajstić information content (AvgIpc) is 3.27. The van der Waals surface area contributed by atoms with Gasteiger partial charge in [0.2, 0.25) is 17.8 Å². The lowest BCUT2D eigenvalue weighted by atomic mass is 9.87. The lowest BCUT2D eigenvalue weighted by Gasteiger charge is -2.32. The number of rotatable bonds is 6. The highest BCUT2D eigenvalue weighted by Gasteiger charge is 2.39. The number of hydrogen-bond donors (Lipinski definition) is 2. The Morgan fingerprint density at radius 1 is 1.00 bits per heavy atom. The van der Waals surface area contributed by atoms with Gasteiger partial charge in [-0.3, -0.25) is 24.6 Å². The maximum atomic E-state index is 15.2. The molecule has 3 aromatic rings. The molecular weight excluding hydrogens is 499 g/mol. The fraction of sp³-hybridized carbons (Fsp3) is 0.345. The fourth-order valence-corrected chi connectivity index (χ4v) is 5.80. The van der Waals surface area contributed by atoms with E-state index in [0.717, 1.165) is 31.5 Å². The topological polar surface area (TPSA) is 108 Å². The van der Waals surface area contributed by atoms with E-state index in [9.17, 15) is 14.4 Å². The second-order valence-electron chi connectivity index (χ2n) is 10.3. The minimum Gasteiger partial charge on any atom is -0.322 e. The molecule has 200 valence electrons. The van der Waals surface area contributed by atoms with Crippen molar-refractivity contribution >= 4 is 29.4 Å². The van der Waals surface area contributed by atoms with Crippen LogP contribution in [-0.4, -0.2) is 56.6 Å². The Balaban J connectivity index is 1.08. The molecule has 1 atom stereocenters. The van der Waals surface area contributed by atoms with E-state index in [-0.39, 0.29) is 24.1 Å². The molecule has 1 unspecified atom stereocenters. The molecule has 2 saturated heterocycles. The van der Waals surface area contributed by atoms with Crippen LogP contribution in [0, 0.1) is 5.82 Å². The van der Waals surface area contributed by atoms with Crippen LogP contribution >= 0.6 is 0 Å². The first-order valence-electron chi connectivity index (χ1n) is 13.3. The lowest BCUT2D eigenvalue weighted by Crippen LogP contribution is -2.52. The number of carbonyl (C=O) groups excluding carboxylic acids is 3. The summed E-state index contributed by atoms with van der Waals surface area (Å²) in [5.41, 5.74) is 3.72. The van der Waals surface area contributed by atoms with E-state index in [1.54, 1.807) is 29.4 Å². The molecule has 6 rings (SSSR count). The van der Waals surface area contributed by atoms with E-state index in [2.05, 4.69) is 31.6 Å². The molecule has 0 spiro atoms. The molecule has 2 aromatic carbocycles. The number of nitrogens with zero attached hydrogens (tertiary/aromatic N) is 4. The van der Waals surface area contributed by atoms with Crippen molar-refractivity contribution in [1.29, 1.82) is 0 Å². The summed E-state index contributed by atoms with van der Waals surface area (Å²) in [6.07, 6.45) is 5.67. The third kappa shape index (κ3) is 5.12. The normalized spacial score (nSPS) is 20.2. The third-order valence-electron chi connectivity index (χ3n) is 7.89. The number of anilines is 2. The summed E-state index contributed by atoms with van der Waals surface area (Å²) in [4.78, 5) is 48.9. The number of likely N-dealkylation sites (tertiary alicyclic amines) is 1. The quantitative estimate of drug-likeness (QED) is 0.472. The zero-order valence-electron chi connectivity index (χ0n) is 21.4. The van der Waals surface area contributed by atoms with Gasteiger partial charge in [0.15, 0.2) is 5.82 Å². The second-order valence-corrected chi connectivity index (χ2v) is 10.3. The van der Waals surface area contributed by atoms with E-state index >= 15 is 4.39 Å². The van der Waals surface area contributed by atoms with Gasteiger partial charge in [-0.15, -0.1) is 0 Å². The first-order chi connectivity index (χ1) is 19.0. The molecule has 4 heterocycles. The van der Waals surface area contributed by atoms with E-state index in [1.807, 2.05) is 24.3 Å². The van der Waals surface area contributed by atoms with Gasteiger partial charge >= 0.3 is 0 Å². The first-order valence-corrected chi connectivity index (χ1v) is 13.3. The van der Waals surface area contributed by atoms with Crippen LogP contribution in [0.25, 0.3) is 0 Å². The summed E-state index contributed by atoms with van der Waals surface area (Å²) in [6.45, 7) is 2.57.